The quantitative estimate of drug-likeness (QED) is 0.252. The largest absolute Gasteiger partial charge is 0.360 e. The lowest BCUT2D eigenvalue weighted by Gasteiger charge is -2.25. The first-order valence-corrected chi connectivity index (χ1v) is 15.2. The van der Waals surface area contributed by atoms with Crippen molar-refractivity contribution in [1.29, 1.82) is 5.26 Å². The first kappa shape index (κ1) is 27.4. The molecular formula is C29H27N5O4S2. The van der Waals surface area contributed by atoms with Gasteiger partial charge in [-0.05, 0) is 73.6 Å². The van der Waals surface area contributed by atoms with Crippen LogP contribution in [0.1, 0.15) is 46.9 Å². The third-order valence-corrected chi connectivity index (χ3v) is 8.99. The number of carbonyl (C=O) groups is 1. The molecule has 0 saturated heterocycles. The average molecular weight is 574 g/mol. The minimum Gasteiger partial charge on any atom is -0.360 e. The van der Waals surface area contributed by atoms with Gasteiger partial charge < -0.3 is 9.84 Å². The van der Waals surface area contributed by atoms with Gasteiger partial charge in [-0.15, -0.1) is 11.8 Å². The summed E-state index contributed by atoms with van der Waals surface area (Å²) in [5, 5.41) is 16.8. The number of anilines is 2. The highest BCUT2D eigenvalue weighted by molar-refractivity contribution is 7.99. The minimum atomic E-state index is -3.84. The van der Waals surface area contributed by atoms with Crippen molar-refractivity contribution < 1.29 is 17.7 Å². The van der Waals surface area contributed by atoms with Crippen LogP contribution >= 0.6 is 11.8 Å². The third-order valence-electron chi connectivity index (χ3n) is 6.63. The van der Waals surface area contributed by atoms with E-state index < -0.39 is 10.0 Å². The van der Waals surface area contributed by atoms with Crippen molar-refractivity contribution in [2.75, 3.05) is 15.8 Å². The zero-order chi connectivity index (χ0) is 28.1. The Morgan fingerprint density at radius 2 is 1.93 bits per heavy atom. The van der Waals surface area contributed by atoms with E-state index in [2.05, 4.69) is 45.5 Å². The Kier molecular flexibility index (Phi) is 8.19. The fourth-order valence-electron chi connectivity index (χ4n) is 4.64. The van der Waals surface area contributed by atoms with Crippen LogP contribution in [0.25, 0.3) is 0 Å². The Balaban J connectivity index is 1.15. The van der Waals surface area contributed by atoms with Crippen LogP contribution < -0.4 is 10.0 Å². The summed E-state index contributed by atoms with van der Waals surface area (Å²) in [4.78, 5) is 17.3. The SMILES string of the molecule is Cc1cc(NS(=O)(=O)c2ccc(NC(=O)CCSc3nc4c(cc3C#N)CC(c3ccccc3)CC4)cc2)no1. The Morgan fingerprint density at radius 1 is 1.15 bits per heavy atom. The molecule has 11 heteroatoms. The van der Waals surface area contributed by atoms with Crippen molar-refractivity contribution in [3.05, 3.63) is 94.9 Å². The molecule has 2 aromatic heterocycles. The van der Waals surface area contributed by atoms with Crippen LogP contribution in [0.15, 0.2) is 81.2 Å². The fraction of sp³-hybridized carbons (Fsp3) is 0.241. The van der Waals surface area contributed by atoms with Gasteiger partial charge in [-0.3, -0.25) is 9.52 Å². The number of pyridine rings is 1. The number of fused-ring (bicyclic) bond motifs is 1. The van der Waals surface area contributed by atoms with E-state index in [-0.39, 0.29) is 23.0 Å². The van der Waals surface area contributed by atoms with E-state index in [9.17, 15) is 18.5 Å². The number of carbonyl (C=O) groups excluding carboxylic acids is 1. The predicted octanol–water partition coefficient (Wildman–Crippen LogP) is 5.44. The first-order chi connectivity index (χ1) is 19.3. The number of nitrogens with zero attached hydrogens (tertiary/aromatic N) is 3. The summed E-state index contributed by atoms with van der Waals surface area (Å²) in [5.74, 6) is 1.23. The van der Waals surface area contributed by atoms with E-state index in [1.165, 1.54) is 47.7 Å². The van der Waals surface area contributed by atoms with Crippen molar-refractivity contribution in [1.82, 2.24) is 10.1 Å². The number of aryl methyl sites for hydroxylation is 2. The van der Waals surface area contributed by atoms with Crippen LogP contribution in [0, 0.1) is 18.3 Å². The van der Waals surface area contributed by atoms with Gasteiger partial charge in [0.25, 0.3) is 10.0 Å². The van der Waals surface area contributed by atoms with Gasteiger partial charge in [-0.25, -0.2) is 13.4 Å². The first-order valence-electron chi connectivity index (χ1n) is 12.8. The van der Waals surface area contributed by atoms with Crippen LogP contribution in [0.4, 0.5) is 11.5 Å². The number of nitrogens with one attached hydrogen (secondary N) is 2. The maximum absolute atomic E-state index is 12.5. The Hall–Kier alpha value is -4.14. The Labute approximate surface area is 237 Å². The third kappa shape index (κ3) is 6.52. The zero-order valence-corrected chi connectivity index (χ0v) is 23.4. The number of aromatic nitrogens is 2. The summed E-state index contributed by atoms with van der Waals surface area (Å²) in [6, 6.07) is 22.0. The Bertz CT molecular complexity index is 1660. The molecule has 2 aromatic carbocycles. The number of hydrogen-bond donors (Lipinski definition) is 2. The summed E-state index contributed by atoms with van der Waals surface area (Å²) < 4.78 is 32.3. The smallest absolute Gasteiger partial charge is 0.263 e. The molecule has 0 radical (unpaired) electrons. The number of rotatable bonds is 9. The molecule has 2 N–H and O–H groups in total. The monoisotopic (exact) mass is 573 g/mol. The van der Waals surface area contributed by atoms with Crippen molar-refractivity contribution in [3.8, 4) is 6.07 Å². The molecule has 1 unspecified atom stereocenters. The second-order valence-corrected chi connectivity index (χ2v) is 12.3. The summed E-state index contributed by atoms with van der Waals surface area (Å²) in [7, 11) is -3.84. The van der Waals surface area contributed by atoms with E-state index in [0.29, 0.717) is 33.7 Å². The van der Waals surface area contributed by atoms with Crippen LogP contribution in [-0.2, 0) is 27.7 Å². The lowest BCUT2D eigenvalue weighted by atomic mass is 9.82. The number of amides is 1. The molecule has 0 bridgehead atoms. The molecule has 2 heterocycles. The van der Waals surface area contributed by atoms with Crippen LogP contribution in [-0.4, -0.2) is 30.2 Å². The molecule has 5 rings (SSSR count). The second kappa shape index (κ2) is 11.9. The predicted molar refractivity (Wildman–Crippen MR) is 153 cm³/mol. The molecule has 1 atom stereocenters. The highest BCUT2D eigenvalue weighted by atomic mass is 32.2. The lowest BCUT2D eigenvalue weighted by Crippen LogP contribution is -2.15. The molecule has 9 nitrogen and oxygen atoms in total. The maximum atomic E-state index is 12.5. The van der Waals surface area contributed by atoms with Gasteiger partial charge in [0.05, 0.1) is 10.5 Å². The molecule has 40 heavy (non-hydrogen) atoms. The molecule has 0 aliphatic heterocycles. The van der Waals surface area contributed by atoms with E-state index in [1.54, 1.807) is 6.92 Å². The summed E-state index contributed by atoms with van der Waals surface area (Å²) in [6.07, 6.45) is 2.94. The molecule has 1 aliphatic rings. The molecular weight excluding hydrogens is 546 g/mol. The number of benzene rings is 2. The highest BCUT2D eigenvalue weighted by Gasteiger charge is 2.23. The van der Waals surface area contributed by atoms with E-state index in [4.69, 9.17) is 9.51 Å². The van der Waals surface area contributed by atoms with Gasteiger partial charge in [-0.2, -0.15) is 5.26 Å². The molecule has 1 amide bonds. The molecule has 204 valence electrons. The van der Waals surface area contributed by atoms with E-state index >= 15 is 0 Å². The molecule has 0 fully saturated rings. The van der Waals surface area contributed by atoms with Crippen molar-refractivity contribution in [2.45, 2.75) is 48.4 Å². The number of thioether (sulfide) groups is 1. The van der Waals surface area contributed by atoms with Crippen molar-refractivity contribution >= 4 is 39.2 Å². The highest BCUT2D eigenvalue weighted by Crippen LogP contribution is 2.34. The molecule has 0 saturated carbocycles. The van der Waals surface area contributed by atoms with Crippen molar-refractivity contribution in [3.63, 3.8) is 0 Å². The average Bonchev–Trinajstić information content (AvgIpc) is 3.36. The summed E-state index contributed by atoms with van der Waals surface area (Å²) in [5.41, 5.74) is 4.47. The number of hydrogen-bond acceptors (Lipinski definition) is 8. The van der Waals surface area contributed by atoms with Gasteiger partial charge in [0.2, 0.25) is 5.91 Å². The summed E-state index contributed by atoms with van der Waals surface area (Å²) >= 11 is 1.39. The molecule has 4 aromatic rings. The van der Waals surface area contributed by atoms with Crippen LogP contribution in [0.3, 0.4) is 0 Å². The second-order valence-electron chi connectivity index (χ2n) is 9.51. The number of sulfonamides is 1. The normalized spacial score (nSPS) is 14.7. The Morgan fingerprint density at radius 3 is 2.62 bits per heavy atom. The fourth-order valence-corrected chi connectivity index (χ4v) is 6.54. The van der Waals surface area contributed by atoms with Gasteiger partial charge in [-0.1, -0.05) is 35.5 Å². The lowest BCUT2D eigenvalue weighted by molar-refractivity contribution is -0.115. The van der Waals surface area contributed by atoms with Gasteiger partial charge in [0.1, 0.15) is 16.9 Å². The zero-order valence-electron chi connectivity index (χ0n) is 21.8. The van der Waals surface area contributed by atoms with Gasteiger partial charge in [0.15, 0.2) is 5.82 Å². The number of nitriles is 1. The topological polar surface area (TPSA) is 138 Å². The maximum Gasteiger partial charge on any atom is 0.263 e. The van der Waals surface area contributed by atoms with E-state index in [1.807, 2.05) is 12.1 Å². The minimum absolute atomic E-state index is 0.0271. The molecule has 0 spiro atoms. The van der Waals surface area contributed by atoms with Gasteiger partial charge >= 0.3 is 0 Å². The van der Waals surface area contributed by atoms with E-state index in [0.717, 1.165) is 30.5 Å². The van der Waals surface area contributed by atoms with Crippen LogP contribution in [0.5, 0.6) is 0 Å². The van der Waals surface area contributed by atoms with Crippen LogP contribution in [0.2, 0.25) is 0 Å². The standard InChI is InChI=1S/C29H27N5O4S2/c1-19-15-27(33-38-19)34-40(36,37)25-10-8-24(9-11-25)31-28(35)13-14-39-29-23(18-30)17-22-16-21(7-12-26(22)32-29)20-5-3-2-4-6-20/h2-6,8-11,15,17,21H,7,12-14,16H2,1H3,(H,31,35)(H,33,34). The molecule has 1 aliphatic carbocycles. The summed E-state index contributed by atoms with van der Waals surface area (Å²) in [6.45, 7) is 1.66. The van der Waals surface area contributed by atoms with Gasteiger partial charge in [0, 0.05) is 29.6 Å². The van der Waals surface area contributed by atoms with Crippen molar-refractivity contribution in [2.24, 2.45) is 0 Å².